The predicted molar refractivity (Wildman–Crippen MR) is 79.1 cm³/mol. The van der Waals surface area contributed by atoms with Crippen LogP contribution in [0.2, 0.25) is 3.43 Å². The topological polar surface area (TPSA) is 35.0 Å². The van der Waals surface area contributed by atoms with E-state index in [1.807, 2.05) is 30.3 Å². The van der Waals surface area contributed by atoms with Crippen LogP contribution in [0.4, 0.5) is 0 Å². The van der Waals surface area contributed by atoms with Gasteiger partial charge in [0.05, 0.1) is 0 Å². The fraction of sp³-hybridized carbons (Fsp3) is 0.333. The van der Waals surface area contributed by atoms with Gasteiger partial charge in [-0.25, -0.2) is 0 Å². The summed E-state index contributed by atoms with van der Waals surface area (Å²) in [5.41, 5.74) is 1.06. The number of methoxy groups -OCH3 is 1. The average molecular weight is 361 g/mol. The molecule has 0 atom stereocenters. The van der Waals surface area contributed by atoms with Gasteiger partial charge >= 0.3 is 125 Å². The summed E-state index contributed by atoms with van der Waals surface area (Å²) in [6.07, 6.45) is 1.80. The summed E-state index contributed by atoms with van der Waals surface area (Å²) in [6, 6.07) is 10.1. The van der Waals surface area contributed by atoms with Gasteiger partial charge in [0.15, 0.2) is 0 Å². The fourth-order valence-corrected chi connectivity index (χ4v) is 5.01. The summed E-state index contributed by atoms with van der Waals surface area (Å²) < 4.78 is 6.86. The first kappa shape index (κ1) is 14.3. The Hall–Kier alpha value is -1.10. The molecule has 0 saturated heterocycles. The molecule has 3 nitrogen and oxygen atoms in total. The van der Waals surface area contributed by atoms with Gasteiger partial charge in [0, 0.05) is 0 Å². The molecular weight excluding hydrogens is 343 g/mol. The van der Waals surface area contributed by atoms with Gasteiger partial charge in [-0.1, -0.05) is 0 Å². The van der Waals surface area contributed by atoms with E-state index in [1.54, 1.807) is 13.3 Å². The van der Waals surface area contributed by atoms with Crippen LogP contribution in [0.5, 0.6) is 5.75 Å². The van der Waals surface area contributed by atoms with Crippen molar-refractivity contribution in [3.05, 3.63) is 36.5 Å². The molecule has 4 heteroatoms. The second-order valence-electron chi connectivity index (χ2n) is 5.35. The SMILES string of the molecule is COc1cnc(-c2ccccc2)n[c]1[Sn][C](C)(C)C. The molecule has 2 radical (unpaired) electrons. The molecule has 98 valence electrons. The summed E-state index contributed by atoms with van der Waals surface area (Å²) >= 11 is -0.823. The number of rotatable bonds is 3. The normalized spacial score (nSPS) is 11.4. The zero-order valence-electron chi connectivity index (χ0n) is 11.8. The first-order valence-electron chi connectivity index (χ1n) is 6.24. The summed E-state index contributed by atoms with van der Waals surface area (Å²) in [5, 5.41) is 0. The van der Waals surface area contributed by atoms with Gasteiger partial charge in [0.1, 0.15) is 0 Å². The Labute approximate surface area is 124 Å². The summed E-state index contributed by atoms with van der Waals surface area (Å²) in [6.45, 7) is 6.80. The minimum atomic E-state index is -0.823. The molecule has 0 aliphatic heterocycles. The molecule has 2 rings (SSSR count). The fourth-order valence-electron chi connectivity index (χ4n) is 1.69. The first-order valence-corrected chi connectivity index (χ1v) is 9.09. The summed E-state index contributed by atoms with van der Waals surface area (Å²) in [5.74, 6) is 1.63. The summed E-state index contributed by atoms with van der Waals surface area (Å²) in [7, 11) is 1.69. The van der Waals surface area contributed by atoms with Crippen LogP contribution in [0.25, 0.3) is 11.4 Å². The Morgan fingerprint density at radius 3 is 2.37 bits per heavy atom. The van der Waals surface area contributed by atoms with Crippen molar-refractivity contribution in [3.8, 4) is 17.1 Å². The van der Waals surface area contributed by atoms with Crippen molar-refractivity contribution in [1.82, 2.24) is 9.97 Å². The molecule has 2 aromatic rings. The third-order valence-electron chi connectivity index (χ3n) is 2.50. The van der Waals surface area contributed by atoms with E-state index in [-0.39, 0.29) is 0 Å². The zero-order chi connectivity index (χ0) is 13.9. The van der Waals surface area contributed by atoms with E-state index >= 15 is 0 Å². The third kappa shape index (κ3) is 3.93. The number of aromatic nitrogens is 2. The first-order chi connectivity index (χ1) is 8.99. The van der Waals surface area contributed by atoms with Gasteiger partial charge in [-0.2, -0.15) is 0 Å². The van der Waals surface area contributed by atoms with Crippen LogP contribution in [0.3, 0.4) is 0 Å². The van der Waals surface area contributed by atoms with E-state index in [1.165, 1.54) is 0 Å². The number of ether oxygens (including phenoxy) is 1. The molecule has 19 heavy (non-hydrogen) atoms. The average Bonchev–Trinajstić information content (AvgIpc) is 2.38. The Morgan fingerprint density at radius 1 is 1.11 bits per heavy atom. The van der Waals surface area contributed by atoms with Crippen molar-refractivity contribution in [2.24, 2.45) is 0 Å². The second-order valence-corrected chi connectivity index (χ2v) is 11.7. The van der Waals surface area contributed by atoms with Gasteiger partial charge in [-0.15, -0.1) is 0 Å². The van der Waals surface area contributed by atoms with E-state index in [2.05, 4.69) is 25.8 Å². The van der Waals surface area contributed by atoms with Gasteiger partial charge < -0.3 is 0 Å². The number of benzene rings is 1. The second kappa shape index (κ2) is 5.90. The quantitative estimate of drug-likeness (QED) is 0.789. The molecular formula is C15H18N2OSn. The van der Waals surface area contributed by atoms with E-state index < -0.39 is 21.1 Å². The summed E-state index contributed by atoms with van der Waals surface area (Å²) in [4.78, 5) is 9.14. The van der Waals surface area contributed by atoms with Crippen LogP contribution in [-0.4, -0.2) is 38.2 Å². The molecule has 1 aromatic heterocycles. The van der Waals surface area contributed by atoms with Crippen LogP contribution in [0.1, 0.15) is 20.8 Å². The molecule has 0 amide bonds. The third-order valence-corrected chi connectivity index (χ3v) is 6.34. The molecule has 0 bridgehead atoms. The standard InChI is InChI=1S/C11H9N2O.C4H9.Sn/c1-14-10-7-12-11(13-8-10)9-5-3-2-4-6-9;1-4(2)3;/h2-7H,1H3;1-3H3;. The maximum atomic E-state index is 5.40. The van der Waals surface area contributed by atoms with Crippen LogP contribution >= 0.6 is 0 Å². The number of hydrogen-bond acceptors (Lipinski definition) is 3. The number of hydrogen-bond donors (Lipinski definition) is 0. The van der Waals surface area contributed by atoms with E-state index in [4.69, 9.17) is 9.72 Å². The van der Waals surface area contributed by atoms with E-state index in [9.17, 15) is 0 Å². The van der Waals surface area contributed by atoms with E-state index in [0.29, 0.717) is 3.43 Å². The molecule has 1 heterocycles. The molecule has 0 aliphatic carbocycles. The van der Waals surface area contributed by atoms with Gasteiger partial charge in [0.25, 0.3) is 0 Å². The van der Waals surface area contributed by atoms with Crippen molar-refractivity contribution < 1.29 is 4.74 Å². The van der Waals surface area contributed by atoms with E-state index in [0.717, 1.165) is 20.8 Å². The van der Waals surface area contributed by atoms with Crippen molar-refractivity contribution in [2.45, 2.75) is 24.2 Å². The molecule has 0 fully saturated rings. The molecule has 0 spiro atoms. The molecule has 1 aromatic carbocycles. The van der Waals surface area contributed by atoms with Crippen molar-refractivity contribution in [2.75, 3.05) is 7.11 Å². The van der Waals surface area contributed by atoms with Crippen LogP contribution in [-0.2, 0) is 0 Å². The Kier molecular flexibility index (Phi) is 4.45. The molecule has 0 N–H and O–H groups in total. The number of nitrogens with zero attached hydrogens (tertiary/aromatic N) is 2. The minimum absolute atomic E-state index is 0.332. The monoisotopic (exact) mass is 362 g/mol. The zero-order valence-corrected chi connectivity index (χ0v) is 14.6. The molecule has 0 aliphatic rings. The Balaban J connectivity index is 2.41. The van der Waals surface area contributed by atoms with Gasteiger partial charge in [0.2, 0.25) is 0 Å². The maximum absolute atomic E-state index is 5.40. The Morgan fingerprint density at radius 2 is 1.79 bits per heavy atom. The van der Waals surface area contributed by atoms with Crippen molar-refractivity contribution in [1.29, 1.82) is 0 Å². The van der Waals surface area contributed by atoms with Gasteiger partial charge in [-0.3, -0.25) is 0 Å². The molecule has 0 saturated carbocycles. The van der Waals surface area contributed by atoms with Crippen LogP contribution < -0.4 is 8.45 Å². The van der Waals surface area contributed by atoms with Crippen molar-refractivity contribution >= 4 is 24.9 Å². The van der Waals surface area contributed by atoms with Crippen molar-refractivity contribution in [3.63, 3.8) is 0 Å². The Bertz CT molecular complexity index is 550. The van der Waals surface area contributed by atoms with Gasteiger partial charge in [-0.05, 0) is 0 Å². The molecule has 0 unspecified atom stereocenters. The van der Waals surface area contributed by atoms with Crippen LogP contribution in [0.15, 0.2) is 36.5 Å². The predicted octanol–water partition coefficient (Wildman–Crippen LogP) is 2.70. The van der Waals surface area contributed by atoms with Crippen LogP contribution in [0, 0.1) is 0 Å².